The number of nitrogens with two attached hydrogens (primary N) is 2. The number of pyridine rings is 1. The van der Waals surface area contributed by atoms with Crippen molar-refractivity contribution < 1.29 is 43.4 Å². The highest BCUT2D eigenvalue weighted by Crippen LogP contribution is 2.36. The lowest BCUT2D eigenvalue weighted by atomic mass is 10.1. The number of rotatable bonds is 12. The van der Waals surface area contributed by atoms with Crippen LogP contribution in [0.3, 0.4) is 0 Å². The normalized spacial score (nSPS) is 12.9. The number of thiazole rings is 1. The fourth-order valence-corrected chi connectivity index (χ4v) is 5.17. The molecule has 2 heterocycles. The Bertz CT molecular complexity index is 1850. The Labute approximate surface area is 230 Å². The maximum atomic E-state index is 12.3. The zero-order valence-corrected chi connectivity index (χ0v) is 23.3. The minimum Gasteiger partial charge on any atom is -0.368 e. The highest BCUT2D eigenvalue weighted by Gasteiger charge is 2.22. The lowest BCUT2D eigenvalue weighted by Crippen LogP contribution is -2.23. The summed E-state index contributed by atoms with van der Waals surface area (Å²) >= 11 is 0.912. The average molecular weight is 637 g/mol. The lowest BCUT2D eigenvalue weighted by Gasteiger charge is -2.16. The van der Waals surface area contributed by atoms with Crippen molar-refractivity contribution >= 4 is 80.3 Å². The van der Waals surface area contributed by atoms with Crippen LogP contribution < -0.4 is 22.3 Å². The van der Waals surface area contributed by atoms with Gasteiger partial charge in [-0.3, -0.25) is 13.9 Å². The van der Waals surface area contributed by atoms with E-state index >= 15 is 0 Å². The Morgan fingerprint density at radius 2 is 1.82 bits per heavy atom. The first-order valence-electron chi connectivity index (χ1n) is 10.4. The summed E-state index contributed by atoms with van der Waals surface area (Å²) in [5, 5.41) is 13.5. The standard InChI is InChI=1S/C18H20N8O10S4/c1-9-13(15(19)27)16(21-5-7-39(31,32)36-20)24-17(22-4-6-38(28,29)30)14(9)25-26-18-23-11-3-2-10(40(33,34)35)8-12(11)37-18/h2-4,6,8H,5,7,20H2,1H3,(H2,19,27)(H2,21,22,24)(H,28,29,30)(H,33,34,35)/b6-4+,26-25?. The van der Waals surface area contributed by atoms with E-state index < -0.39 is 42.0 Å². The Hall–Kier alpha value is -3.64. The highest BCUT2D eigenvalue weighted by molar-refractivity contribution is 7.88. The number of fused-ring (bicyclic) bond motifs is 1. The van der Waals surface area contributed by atoms with Gasteiger partial charge in [-0.1, -0.05) is 11.3 Å². The minimum atomic E-state index is -4.54. The molecular weight excluding hydrogens is 617 g/mol. The van der Waals surface area contributed by atoms with Crippen LogP contribution in [-0.4, -0.2) is 62.5 Å². The van der Waals surface area contributed by atoms with Gasteiger partial charge in [0, 0.05) is 12.7 Å². The second-order valence-corrected chi connectivity index (χ2v) is 13.0. The number of hydrogen-bond donors (Lipinski definition) is 6. The summed E-state index contributed by atoms with van der Waals surface area (Å²) in [6, 6.07) is 3.67. The molecule has 0 aliphatic rings. The van der Waals surface area contributed by atoms with E-state index in [1.54, 1.807) is 0 Å². The van der Waals surface area contributed by atoms with Gasteiger partial charge in [-0.15, -0.1) is 10.2 Å². The number of aromatic nitrogens is 2. The van der Waals surface area contributed by atoms with Crippen LogP contribution >= 0.6 is 11.3 Å². The second-order valence-electron chi connectivity index (χ2n) is 7.57. The summed E-state index contributed by atoms with van der Waals surface area (Å²) in [6.45, 7) is 1.07. The molecule has 216 valence electrons. The molecule has 0 spiro atoms. The van der Waals surface area contributed by atoms with Gasteiger partial charge in [0.15, 0.2) is 5.82 Å². The summed E-state index contributed by atoms with van der Waals surface area (Å²) in [5.41, 5.74) is 5.57. The SMILES string of the molecule is Cc1c(N=Nc2nc3ccc(S(=O)(=O)O)cc3s2)c(N/C=C/S(=O)(=O)O)nc(NCCS(=O)(=O)ON)c1C(N)=O. The van der Waals surface area contributed by atoms with Crippen molar-refractivity contribution in [2.24, 2.45) is 21.9 Å². The van der Waals surface area contributed by atoms with Crippen molar-refractivity contribution in [3.63, 3.8) is 0 Å². The monoisotopic (exact) mass is 636 g/mol. The number of carbonyl (C=O) groups excluding carboxylic acids is 1. The van der Waals surface area contributed by atoms with Crippen LogP contribution in [0.1, 0.15) is 15.9 Å². The Balaban J connectivity index is 2.09. The van der Waals surface area contributed by atoms with Crippen LogP contribution in [0.25, 0.3) is 10.2 Å². The van der Waals surface area contributed by atoms with E-state index in [1.807, 2.05) is 0 Å². The van der Waals surface area contributed by atoms with Crippen LogP contribution in [-0.2, 0) is 34.6 Å². The summed E-state index contributed by atoms with van der Waals surface area (Å²) in [6.07, 6.45) is 0.797. The Morgan fingerprint density at radius 3 is 2.42 bits per heavy atom. The van der Waals surface area contributed by atoms with Crippen LogP contribution in [0.4, 0.5) is 22.5 Å². The van der Waals surface area contributed by atoms with Crippen molar-refractivity contribution in [1.82, 2.24) is 9.97 Å². The number of nitrogens with zero attached hydrogens (tertiary/aromatic N) is 4. The molecule has 2 aromatic heterocycles. The molecular formula is C18H20N8O10S4. The number of carbonyl (C=O) groups is 1. The zero-order chi connectivity index (χ0) is 29.9. The van der Waals surface area contributed by atoms with E-state index in [4.69, 9.17) is 16.2 Å². The molecule has 1 amide bonds. The van der Waals surface area contributed by atoms with Crippen LogP contribution in [0.15, 0.2) is 44.9 Å². The van der Waals surface area contributed by atoms with Gasteiger partial charge >= 0.3 is 0 Å². The summed E-state index contributed by atoms with van der Waals surface area (Å²) in [7, 11) is -13.1. The number of nitrogens with one attached hydrogen (secondary N) is 2. The lowest BCUT2D eigenvalue weighted by molar-refractivity contribution is 0.1000. The van der Waals surface area contributed by atoms with Crippen molar-refractivity contribution in [1.29, 1.82) is 0 Å². The molecule has 40 heavy (non-hydrogen) atoms. The number of anilines is 2. The van der Waals surface area contributed by atoms with E-state index in [9.17, 15) is 34.6 Å². The van der Waals surface area contributed by atoms with Crippen molar-refractivity contribution in [2.45, 2.75) is 11.8 Å². The molecule has 22 heteroatoms. The predicted molar refractivity (Wildman–Crippen MR) is 143 cm³/mol. The summed E-state index contributed by atoms with van der Waals surface area (Å²) < 4.78 is 90.4. The molecule has 3 rings (SSSR count). The smallest absolute Gasteiger partial charge is 0.294 e. The summed E-state index contributed by atoms with van der Waals surface area (Å²) in [4.78, 5) is 20.2. The van der Waals surface area contributed by atoms with E-state index in [0.717, 1.165) is 23.6 Å². The van der Waals surface area contributed by atoms with Gasteiger partial charge in [0.2, 0.25) is 5.13 Å². The van der Waals surface area contributed by atoms with E-state index in [0.29, 0.717) is 15.6 Å². The molecule has 0 fully saturated rings. The Morgan fingerprint density at radius 1 is 1.12 bits per heavy atom. The molecule has 0 radical (unpaired) electrons. The molecule has 0 saturated carbocycles. The maximum absolute atomic E-state index is 12.3. The van der Waals surface area contributed by atoms with Gasteiger partial charge in [-0.25, -0.2) is 9.97 Å². The molecule has 0 unspecified atom stereocenters. The first-order valence-corrected chi connectivity index (χ1v) is 15.7. The molecule has 0 aliphatic heterocycles. The molecule has 8 N–H and O–H groups in total. The van der Waals surface area contributed by atoms with Crippen LogP contribution in [0.5, 0.6) is 0 Å². The first-order chi connectivity index (χ1) is 18.5. The fourth-order valence-electron chi connectivity index (χ4n) is 3.08. The third kappa shape index (κ3) is 7.95. The molecule has 3 aromatic rings. The number of benzene rings is 1. The third-order valence-electron chi connectivity index (χ3n) is 4.79. The highest BCUT2D eigenvalue weighted by atomic mass is 32.2. The molecule has 0 aliphatic carbocycles. The zero-order valence-electron chi connectivity index (χ0n) is 20.0. The second kappa shape index (κ2) is 11.8. The average Bonchev–Trinajstić information content (AvgIpc) is 3.24. The largest absolute Gasteiger partial charge is 0.368 e. The van der Waals surface area contributed by atoms with E-state index in [-0.39, 0.29) is 45.0 Å². The third-order valence-corrected chi connectivity index (χ3v) is 8.02. The van der Waals surface area contributed by atoms with E-state index in [2.05, 4.69) is 35.1 Å². The Kier molecular flexibility index (Phi) is 9.15. The predicted octanol–water partition coefficient (Wildman–Crippen LogP) is 1.16. The van der Waals surface area contributed by atoms with Gasteiger partial charge in [-0.05, 0) is 30.7 Å². The van der Waals surface area contributed by atoms with Gasteiger partial charge in [-0.2, -0.15) is 35.4 Å². The summed E-state index contributed by atoms with van der Waals surface area (Å²) in [5.74, 6) is 2.67. The number of primary amides is 1. The van der Waals surface area contributed by atoms with Gasteiger partial charge in [0.1, 0.15) is 11.5 Å². The molecule has 0 bridgehead atoms. The maximum Gasteiger partial charge on any atom is 0.294 e. The van der Waals surface area contributed by atoms with Gasteiger partial charge in [0.05, 0.1) is 31.8 Å². The topological polar surface area (TPSA) is 296 Å². The number of hydrogen-bond acceptors (Lipinski definition) is 16. The molecule has 1 aromatic carbocycles. The van der Waals surface area contributed by atoms with Crippen LogP contribution in [0.2, 0.25) is 0 Å². The molecule has 18 nitrogen and oxygen atoms in total. The number of amides is 1. The van der Waals surface area contributed by atoms with Gasteiger partial charge < -0.3 is 16.4 Å². The van der Waals surface area contributed by atoms with Crippen LogP contribution in [0, 0.1) is 6.92 Å². The number of azo groups is 1. The minimum absolute atomic E-state index is 0.0242. The van der Waals surface area contributed by atoms with Crippen molar-refractivity contribution in [3.8, 4) is 0 Å². The van der Waals surface area contributed by atoms with E-state index in [1.165, 1.54) is 19.1 Å². The van der Waals surface area contributed by atoms with Gasteiger partial charge in [0.25, 0.3) is 36.3 Å². The van der Waals surface area contributed by atoms with Crippen molar-refractivity contribution in [3.05, 3.63) is 40.9 Å². The fraction of sp³-hybridized carbons (Fsp3) is 0.167. The molecule has 0 saturated heterocycles. The quantitative estimate of drug-likeness (QED) is 0.0923. The first kappa shape index (κ1) is 30.9. The molecule has 0 atom stereocenters. The van der Waals surface area contributed by atoms with Crippen molar-refractivity contribution in [2.75, 3.05) is 22.9 Å².